The molecule has 23 heavy (non-hydrogen) atoms. The molecule has 0 aliphatic heterocycles. The van der Waals surface area contributed by atoms with E-state index in [2.05, 4.69) is 18.8 Å². The maximum atomic E-state index is 11.8. The van der Waals surface area contributed by atoms with Crippen molar-refractivity contribution in [3.05, 3.63) is 35.4 Å². The van der Waals surface area contributed by atoms with Crippen LogP contribution >= 0.6 is 0 Å². The fourth-order valence-electron chi connectivity index (χ4n) is 2.16. The van der Waals surface area contributed by atoms with Crippen molar-refractivity contribution in [2.24, 2.45) is 0 Å². The predicted octanol–water partition coefficient (Wildman–Crippen LogP) is 4.86. The van der Waals surface area contributed by atoms with Crippen molar-refractivity contribution in [2.45, 2.75) is 58.3 Å². The first kappa shape index (κ1) is 18.8. The first-order valence-corrected chi connectivity index (χ1v) is 8.41. The summed E-state index contributed by atoms with van der Waals surface area (Å²) in [7, 11) is 0. The lowest BCUT2D eigenvalue weighted by Crippen LogP contribution is -2.06. The number of benzene rings is 1. The summed E-state index contributed by atoms with van der Waals surface area (Å²) in [6, 6.07) is 8.53. The van der Waals surface area contributed by atoms with Gasteiger partial charge in [0.05, 0.1) is 23.8 Å². The molecule has 0 atom stereocenters. The zero-order valence-electron chi connectivity index (χ0n) is 13.9. The van der Waals surface area contributed by atoms with Gasteiger partial charge in [-0.25, -0.2) is 4.79 Å². The van der Waals surface area contributed by atoms with Gasteiger partial charge in [0, 0.05) is 12.8 Å². The van der Waals surface area contributed by atoms with Crippen LogP contribution in [0.3, 0.4) is 0 Å². The summed E-state index contributed by atoms with van der Waals surface area (Å²) < 4.78 is 5.23. The Kier molecular flexibility index (Phi) is 10.0. The highest BCUT2D eigenvalue weighted by molar-refractivity contribution is 5.89. The van der Waals surface area contributed by atoms with Crippen LogP contribution < -0.4 is 0 Å². The fraction of sp³-hybridized carbons (Fsp3) is 0.500. The number of unbranched alkanes of at least 4 members (excludes halogenated alkanes) is 6. The van der Waals surface area contributed by atoms with Gasteiger partial charge in [-0.05, 0) is 37.1 Å². The first-order chi connectivity index (χ1) is 11.3. The average Bonchev–Trinajstić information content (AvgIpc) is 2.59. The van der Waals surface area contributed by atoms with E-state index < -0.39 is 0 Å². The van der Waals surface area contributed by atoms with Crippen LogP contribution in [0.4, 0.5) is 0 Å². The molecule has 0 radical (unpaired) electrons. The van der Waals surface area contributed by atoms with Gasteiger partial charge >= 0.3 is 5.97 Å². The molecule has 0 aliphatic carbocycles. The third kappa shape index (κ3) is 8.69. The van der Waals surface area contributed by atoms with E-state index in [1.54, 1.807) is 24.3 Å². The number of carbonyl (C=O) groups is 1. The first-order valence-electron chi connectivity index (χ1n) is 8.41. The molecule has 0 aromatic heterocycles. The number of ether oxygens (including phenoxy) is 1. The molecule has 3 nitrogen and oxygen atoms in total. The molecule has 0 spiro atoms. The molecule has 0 aliphatic rings. The van der Waals surface area contributed by atoms with E-state index >= 15 is 0 Å². The summed E-state index contributed by atoms with van der Waals surface area (Å²) in [6.07, 6.45) is 8.74. The monoisotopic (exact) mass is 311 g/mol. The predicted molar refractivity (Wildman–Crippen MR) is 91.8 cm³/mol. The molecule has 0 bridgehead atoms. The van der Waals surface area contributed by atoms with Gasteiger partial charge in [0.25, 0.3) is 0 Å². The van der Waals surface area contributed by atoms with E-state index in [1.807, 2.05) is 6.07 Å². The maximum absolute atomic E-state index is 11.8. The number of nitriles is 1. The smallest absolute Gasteiger partial charge is 0.338 e. The van der Waals surface area contributed by atoms with Crippen LogP contribution in [0.15, 0.2) is 24.3 Å². The Morgan fingerprint density at radius 3 is 2.30 bits per heavy atom. The van der Waals surface area contributed by atoms with Gasteiger partial charge in [0.1, 0.15) is 0 Å². The van der Waals surface area contributed by atoms with Crippen LogP contribution in [0.25, 0.3) is 0 Å². The van der Waals surface area contributed by atoms with Crippen molar-refractivity contribution < 1.29 is 9.53 Å². The Balaban J connectivity index is 2.02. The highest BCUT2D eigenvalue weighted by Crippen LogP contribution is 2.09. The number of carbonyl (C=O) groups excluding carboxylic acids is 1. The molecule has 1 aromatic rings. The number of hydrogen-bond acceptors (Lipinski definition) is 3. The maximum Gasteiger partial charge on any atom is 0.338 e. The van der Waals surface area contributed by atoms with Crippen LogP contribution in [0, 0.1) is 23.2 Å². The van der Waals surface area contributed by atoms with Crippen LogP contribution in [-0.4, -0.2) is 12.6 Å². The quantitative estimate of drug-likeness (QED) is 0.372. The Morgan fingerprint density at radius 2 is 1.65 bits per heavy atom. The van der Waals surface area contributed by atoms with Gasteiger partial charge in [0.2, 0.25) is 0 Å². The molecule has 0 N–H and O–H groups in total. The summed E-state index contributed by atoms with van der Waals surface area (Å²) in [6.45, 7) is 2.53. The second kappa shape index (κ2) is 12.3. The normalized spacial score (nSPS) is 9.57. The van der Waals surface area contributed by atoms with E-state index in [4.69, 9.17) is 10.00 Å². The van der Waals surface area contributed by atoms with Crippen molar-refractivity contribution in [1.82, 2.24) is 0 Å². The van der Waals surface area contributed by atoms with E-state index in [0.717, 1.165) is 25.7 Å². The summed E-state index contributed by atoms with van der Waals surface area (Å²) >= 11 is 0. The molecule has 0 amide bonds. The molecule has 0 unspecified atom stereocenters. The van der Waals surface area contributed by atoms with Gasteiger partial charge in [-0.1, -0.05) is 32.6 Å². The molecule has 122 valence electrons. The summed E-state index contributed by atoms with van der Waals surface area (Å²) in [4.78, 5) is 11.8. The zero-order valence-corrected chi connectivity index (χ0v) is 13.9. The van der Waals surface area contributed by atoms with Crippen LogP contribution in [0.1, 0.15) is 74.2 Å². The molecule has 1 aromatic carbocycles. The van der Waals surface area contributed by atoms with Crippen molar-refractivity contribution in [3.8, 4) is 17.9 Å². The van der Waals surface area contributed by atoms with Crippen molar-refractivity contribution in [3.63, 3.8) is 0 Å². The molecule has 0 saturated carbocycles. The van der Waals surface area contributed by atoms with Crippen molar-refractivity contribution >= 4 is 5.97 Å². The number of rotatable bonds is 9. The second-order valence-corrected chi connectivity index (χ2v) is 5.40. The van der Waals surface area contributed by atoms with Crippen molar-refractivity contribution in [2.75, 3.05) is 6.61 Å². The van der Waals surface area contributed by atoms with Gasteiger partial charge in [0.15, 0.2) is 0 Å². The van der Waals surface area contributed by atoms with Gasteiger partial charge in [-0.2, -0.15) is 5.26 Å². The van der Waals surface area contributed by atoms with Crippen LogP contribution in [0.5, 0.6) is 0 Å². The van der Waals surface area contributed by atoms with Gasteiger partial charge in [-0.3, -0.25) is 0 Å². The molecule has 1 rings (SSSR count). The Bertz CT molecular complexity index is 558. The summed E-state index contributed by atoms with van der Waals surface area (Å²) in [5.41, 5.74) is 1.04. The van der Waals surface area contributed by atoms with Gasteiger partial charge < -0.3 is 4.74 Å². The largest absolute Gasteiger partial charge is 0.462 e. The molecule has 0 saturated heterocycles. The SMILES string of the molecule is CCC#CCCCCCCCCOC(=O)c1ccc(C#N)cc1. The number of esters is 1. The molecular formula is C20H25NO2. The van der Waals surface area contributed by atoms with E-state index in [-0.39, 0.29) is 5.97 Å². The Labute approximate surface area is 139 Å². The minimum Gasteiger partial charge on any atom is -0.462 e. The topological polar surface area (TPSA) is 50.1 Å². The summed E-state index contributed by atoms with van der Waals surface area (Å²) in [5, 5.41) is 8.71. The Morgan fingerprint density at radius 1 is 1.00 bits per heavy atom. The van der Waals surface area contributed by atoms with Crippen LogP contribution in [-0.2, 0) is 4.74 Å². The summed E-state index contributed by atoms with van der Waals surface area (Å²) in [5.74, 6) is 5.92. The Hall–Kier alpha value is -2.26. The second-order valence-electron chi connectivity index (χ2n) is 5.40. The van der Waals surface area contributed by atoms with E-state index in [0.29, 0.717) is 17.7 Å². The highest BCUT2D eigenvalue weighted by atomic mass is 16.5. The van der Waals surface area contributed by atoms with E-state index in [1.165, 1.54) is 25.7 Å². The zero-order chi connectivity index (χ0) is 16.8. The van der Waals surface area contributed by atoms with E-state index in [9.17, 15) is 4.79 Å². The lowest BCUT2D eigenvalue weighted by molar-refractivity contribution is 0.0497. The third-order valence-corrected chi connectivity index (χ3v) is 3.48. The standard InChI is InChI=1S/C20H25NO2/c1-2-3-4-5-6-7-8-9-10-11-16-23-20(22)19-14-12-18(17-21)13-15-19/h12-15H,2,5-11,16H2,1H3. The molecule has 0 fully saturated rings. The molecule has 3 heteroatoms. The third-order valence-electron chi connectivity index (χ3n) is 3.48. The highest BCUT2D eigenvalue weighted by Gasteiger charge is 2.06. The van der Waals surface area contributed by atoms with Crippen LogP contribution in [0.2, 0.25) is 0 Å². The molecule has 0 heterocycles. The number of hydrogen-bond donors (Lipinski definition) is 0. The minimum atomic E-state index is -0.316. The lowest BCUT2D eigenvalue weighted by atomic mass is 10.1. The lowest BCUT2D eigenvalue weighted by Gasteiger charge is -2.05. The molecular weight excluding hydrogens is 286 g/mol. The average molecular weight is 311 g/mol. The fourth-order valence-corrected chi connectivity index (χ4v) is 2.16. The number of nitrogens with zero attached hydrogens (tertiary/aromatic N) is 1. The van der Waals surface area contributed by atoms with Gasteiger partial charge in [-0.15, -0.1) is 11.8 Å². The van der Waals surface area contributed by atoms with Crippen molar-refractivity contribution in [1.29, 1.82) is 5.26 Å². The minimum absolute atomic E-state index is 0.316.